The molecule has 2 saturated heterocycles. The van der Waals surface area contributed by atoms with Gasteiger partial charge in [0.2, 0.25) is 10.0 Å². The minimum absolute atomic E-state index is 0.256. The fourth-order valence-corrected chi connectivity index (χ4v) is 4.27. The van der Waals surface area contributed by atoms with E-state index in [0.717, 1.165) is 45.3 Å². The van der Waals surface area contributed by atoms with Crippen LogP contribution in [0.5, 0.6) is 0 Å². The molecule has 118 valence electrons. The molecule has 0 aromatic rings. The largest absolute Gasteiger partial charge is 0.381 e. The number of hydrogen-bond donors (Lipinski definition) is 2. The Kier molecular flexibility index (Phi) is 5.80. The standard InChI is InChI=1S/C13H27N3O3S/c1-20(17,18)16-5-2-3-11(9-16)7-13(15-14)8-12-4-6-19-10-12/h11-13,15H,2-10,14H2,1H3. The Morgan fingerprint density at radius 3 is 2.70 bits per heavy atom. The molecule has 0 radical (unpaired) electrons. The molecule has 3 N–H and O–H groups in total. The monoisotopic (exact) mass is 305 g/mol. The van der Waals surface area contributed by atoms with Gasteiger partial charge in [-0.1, -0.05) is 0 Å². The van der Waals surface area contributed by atoms with Crippen molar-refractivity contribution >= 4 is 10.0 Å². The molecule has 2 aliphatic heterocycles. The van der Waals surface area contributed by atoms with Gasteiger partial charge in [0.25, 0.3) is 0 Å². The van der Waals surface area contributed by atoms with Crippen molar-refractivity contribution < 1.29 is 13.2 Å². The molecule has 3 atom stereocenters. The molecular formula is C13H27N3O3S. The molecule has 7 heteroatoms. The van der Waals surface area contributed by atoms with Crippen LogP contribution in [0, 0.1) is 11.8 Å². The molecule has 3 unspecified atom stereocenters. The highest BCUT2D eigenvalue weighted by molar-refractivity contribution is 7.88. The Hall–Kier alpha value is -0.210. The van der Waals surface area contributed by atoms with Crippen molar-refractivity contribution in [2.24, 2.45) is 17.7 Å². The highest BCUT2D eigenvalue weighted by Gasteiger charge is 2.28. The third kappa shape index (κ3) is 4.66. The van der Waals surface area contributed by atoms with Crippen LogP contribution in [-0.4, -0.2) is 51.3 Å². The second-order valence-electron chi connectivity index (χ2n) is 6.19. The summed E-state index contributed by atoms with van der Waals surface area (Å²) in [5, 5.41) is 0. The van der Waals surface area contributed by atoms with E-state index in [0.29, 0.717) is 24.9 Å². The van der Waals surface area contributed by atoms with Crippen molar-refractivity contribution in [1.29, 1.82) is 0 Å². The summed E-state index contributed by atoms with van der Waals surface area (Å²) in [4.78, 5) is 0. The first-order chi connectivity index (χ1) is 9.49. The minimum Gasteiger partial charge on any atom is -0.381 e. The van der Waals surface area contributed by atoms with Crippen LogP contribution in [-0.2, 0) is 14.8 Å². The summed E-state index contributed by atoms with van der Waals surface area (Å²) in [5.74, 6) is 6.66. The first-order valence-electron chi connectivity index (χ1n) is 7.48. The number of ether oxygens (including phenoxy) is 1. The molecule has 0 aromatic carbocycles. The molecule has 2 fully saturated rings. The van der Waals surface area contributed by atoms with Crippen LogP contribution < -0.4 is 11.3 Å². The van der Waals surface area contributed by atoms with Gasteiger partial charge in [-0.15, -0.1) is 0 Å². The summed E-state index contributed by atoms with van der Waals surface area (Å²) >= 11 is 0. The molecule has 0 aliphatic carbocycles. The zero-order chi connectivity index (χ0) is 14.6. The second-order valence-corrected chi connectivity index (χ2v) is 8.18. The average molecular weight is 305 g/mol. The predicted molar refractivity (Wildman–Crippen MR) is 78.4 cm³/mol. The highest BCUT2D eigenvalue weighted by Crippen LogP contribution is 2.26. The predicted octanol–water partition coefficient (Wildman–Crippen LogP) is 0.307. The lowest BCUT2D eigenvalue weighted by molar-refractivity contribution is 0.176. The fourth-order valence-electron chi connectivity index (χ4n) is 3.33. The molecule has 2 heterocycles. The molecule has 0 amide bonds. The average Bonchev–Trinajstić information content (AvgIpc) is 2.90. The van der Waals surface area contributed by atoms with Gasteiger partial charge < -0.3 is 4.74 Å². The number of rotatable bonds is 6. The summed E-state index contributed by atoms with van der Waals surface area (Å²) in [6.45, 7) is 2.98. The van der Waals surface area contributed by atoms with E-state index in [1.807, 2.05) is 0 Å². The smallest absolute Gasteiger partial charge is 0.211 e. The SMILES string of the molecule is CS(=O)(=O)N1CCCC(CC(CC2CCOC2)NN)C1. The molecule has 0 saturated carbocycles. The van der Waals surface area contributed by atoms with Gasteiger partial charge in [0.1, 0.15) is 0 Å². The number of nitrogens with zero attached hydrogens (tertiary/aromatic N) is 1. The zero-order valence-electron chi connectivity index (χ0n) is 12.3. The van der Waals surface area contributed by atoms with Crippen LogP contribution in [0.2, 0.25) is 0 Å². The van der Waals surface area contributed by atoms with Gasteiger partial charge in [-0.3, -0.25) is 11.3 Å². The highest BCUT2D eigenvalue weighted by atomic mass is 32.2. The lowest BCUT2D eigenvalue weighted by Gasteiger charge is -2.33. The van der Waals surface area contributed by atoms with Gasteiger partial charge >= 0.3 is 0 Å². The maximum absolute atomic E-state index is 11.6. The molecule has 0 spiro atoms. The first kappa shape index (κ1) is 16.2. The van der Waals surface area contributed by atoms with Crippen LogP contribution in [0.15, 0.2) is 0 Å². The fraction of sp³-hybridized carbons (Fsp3) is 1.00. The number of hydrazine groups is 1. The van der Waals surface area contributed by atoms with E-state index in [-0.39, 0.29) is 6.04 Å². The van der Waals surface area contributed by atoms with Crippen LogP contribution >= 0.6 is 0 Å². The normalized spacial score (nSPS) is 30.5. The summed E-state index contributed by atoms with van der Waals surface area (Å²) in [6, 6.07) is 0.256. The number of piperidine rings is 1. The van der Waals surface area contributed by atoms with Gasteiger partial charge in [0.05, 0.1) is 6.26 Å². The Morgan fingerprint density at radius 2 is 2.10 bits per heavy atom. The van der Waals surface area contributed by atoms with E-state index in [2.05, 4.69) is 5.43 Å². The summed E-state index contributed by atoms with van der Waals surface area (Å²) in [7, 11) is -3.06. The first-order valence-corrected chi connectivity index (χ1v) is 9.33. The molecule has 20 heavy (non-hydrogen) atoms. The summed E-state index contributed by atoms with van der Waals surface area (Å²) in [5.41, 5.74) is 2.91. The van der Waals surface area contributed by atoms with Crippen molar-refractivity contribution in [2.75, 3.05) is 32.6 Å². The van der Waals surface area contributed by atoms with Crippen LogP contribution in [0.3, 0.4) is 0 Å². The molecule has 0 aromatic heterocycles. The number of hydrogen-bond acceptors (Lipinski definition) is 5. The van der Waals surface area contributed by atoms with Gasteiger partial charge in [0, 0.05) is 32.3 Å². The van der Waals surface area contributed by atoms with Gasteiger partial charge in [-0.05, 0) is 43.9 Å². The van der Waals surface area contributed by atoms with Gasteiger partial charge in [0.15, 0.2) is 0 Å². The quantitative estimate of drug-likeness (QED) is 0.545. The van der Waals surface area contributed by atoms with Crippen LogP contribution in [0.25, 0.3) is 0 Å². The zero-order valence-corrected chi connectivity index (χ0v) is 13.1. The Bertz CT molecular complexity index is 396. The Balaban J connectivity index is 1.83. The maximum atomic E-state index is 11.6. The summed E-state index contributed by atoms with van der Waals surface area (Å²) in [6.07, 6.45) is 6.40. The Morgan fingerprint density at radius 1 is 1.35 bits per heavy atom. The topological polar surface area (TPSA) is 84.7 Å². The van der Waals surface area contributed by atoms with E-state index >= 15 is 0 Å². The van der Waals surface area contributed by atoms with E-state index in [1.165, 1.54) is 6.26 Å². The molecule has 0 bridgehead atoms. The van der Waals surface area contributed by atoms with Crippen molar-refractivity contribution in [1.82, 2.24) is 9.73 Å². The van der Waals surface area contributed by atoms with Crippen molar-refractivity contribution in [3.8, 4) is 0 Å². The molecule has 2 aliphatic rings. The third-order valence-electron chi connectivity index (χ3n) is 4.45. The lowest BCUT2D eigenvalue weighted by Crippen LogP contribution is -2.43. The molecule has 6 nitrogen and oxygen atoms in total. The van der Waals surface area contributed by atoms with E-state index < -0.39 is 10.0 Å². The van der Waals surface area contributed by atoms with Gasteiger partial charge in [-0.25, -0.2) is 12.7 Å². The van der Waals surface area contributed by atoms with Crippen molar-refractivity contribution in [3.05, 3.63) is 0 Å². The maximum Gasteiger partial charge on any atom is 0.211 e. The summed E-state index contributed by atoms with van der Waals surface area (Å²) < 4.78 is 30.3. The Labute approximate surface area is 122 Å². The molecule has 2 rings (SSSR count). The van der Waals surface area contributed by atoms with E-state index in [1.54, 1.807) is 4.31 Å². The van der Waals surface area contributed by atoms with E-state index in [4.69, 9.17) is 10.6 Å². The van der Waals surface area contributed by atoms with Crippen molar-refractivity contribution in [3.63, 3.8) is 0 Å². The second kappa shape index (κ2) is 7.17. The molecular weight excluding hydrogens is 278 g/mol. The van der Waals surface area contributed by atoms with Gasteiger partial charge in [-0.2, -0.15) is 0 Å². The number of nitrogens with two attached hydrogens (primary N) is 1. The third-order valence-corrected chi connectivity index (χ3v) is 5.72. The van der Waals surface area contributed by atoms with Crippen LogP contribution in [0.4, 0.5) is 0 Å². The number of nitrogens with one attached hydrogen (secondary N) is 1. The lowest BCUT2D eigenvalue weighted by atomic mass is 9.88. The van der Waals surface area contributed by atoms with E-state index in [9.17, 15) is 8.42 Å². The van der Waals surface area contributed by atoms with Crippen molar-refractivity contribution in [2.45, 2.75) is 38.1 Å². The van der Waals surface area contributed by atoms with Crippen LogP contribution in [0.1, 0.15) is 32.1 Å². The number of sulfonamides is 1. The minimum atomic E-state index is -3.06.